The highest BCUT2D eigenvalue weighted by Gasteiger charge is 2.01. The van der Waals surface area contributed by atoms with Crippen LogP contribution in [0.3, 0.4) is 0 Å². The molecule has 4 nitrogen and oxygen atoms in total. The van der Waals surface area contributed by atoms with Gasteiger partial charge in [-0.3, -0.25) is 4.99 Å². The maximum Gasteiger partial charge on any atom is 0.191 e. The minimum Gasteiger partial charge on any atom is -0.385 e. The summed E-state index contributed by atoms with van der Waals surface area (Å²) in [7, 11) is 1.71. The van der Waals surface area contributed by atoms with Crippen molar-refractivity contribution in [1.82, 2.24) is 10.6 Å². The summed E-state index contributed by atoms with van der Waals surface area (Å²) in [5.41, 5.74) is 0. The molecule has 90 valence electrons. The topological polar surface area (TPSA) is 45.7 Å². The fourth-order valence-electron chi connectivity index (χ4n) is 1.06. The summed E-state index contributed by atoms with van der Waals surface area (Å²) < 4.78 is 4.98. The molecule has 0 aliphatic carbocycles. The van der Waals surface area contributed by atoms with Crippen molar-refractivity contribution in [2.75, 3.05) is 26.8 Å². The second-order valence-corrected chi connectivity index (χ2v) is 3.56. The van der Waals surface area contributed by atoms with Gasteiger partial charge in [-0.05, 0) is 26.7 Å². The molecule has 0 heterocycles. The van der Waals surface area contributed by atoms with Crippen LogP contribution in [0.2, 0.25) is 0 Å². The maximum atomic E-state index is 4.98. The normalized spacial score (nSPS) is 13.7. The summed E-state index contributed by atoms with van der Waals surface area (Å²) in [5, 5.41) is 6.57. The van der Waals surface area contributed by atoms with Crippen molar-refractivity contribution in [2.24, 2.45) is 4.99 Å². The minimum absolute atomic E-state index is 0.463. The zero-order valence-corrected chi connectivity index (χ0v) is 10.5. The van der Waals surface area contributed by atoms with Crippen LogP contribution in [0.4, 0.5) is 0 Å². The van der Waals surface area contributed by atoms with E-state index in [1.807, 2.05) is 0 Å². The average Bonchev–Trinajstić information content (AvgIpc) is 2.24. The van der Waals surface area contributed by atoms with Crippen molar-refractivity contribution < 1.29 is 4.74 Å². The second-order valence-electron chi connectivity index (χ2n) is 3.56. The third-order valence-corrected chi connectivity index (χ3v) is 2.12. The molecule has 0 spiro atoms. The van der Waals surface area contributed by atoms with Crippen molar-refractivity contribution >= 4 is 5.96 Å². The van der Waals surface area contributed by atoms with Crippen LogP contribution in [-0.2, 0) is 4.74 Å². The summed E-state index contributed by atoms with van der Waals surface area (Å²) in [6, 6.07) is 0.463. The summed E-state index contributed by atoms with van der Waals surface area (Å²) in [6.45, 7) is 8.86. The fourth-order valence-corrected chi connectivity index (χ4v) is 1.06. The lowest BCUT2D eigenvalue weighted by Crippen LogP contribution is -2.42. The van der Waals surface area contributed by atoms with Gasteiger partial charge in [0.2, 0.25) is 0 Å². The van der Waals surface area contributed by atoms with Crippen molar-refractivity contribution in [2.45, 2.75) is 39.7 Å². The van der Waals surface area contributed by atoms with E-state index in [0.29, 0.717) is 6.04 Å². The summed E-state index contributed by atoms with van der Waals surface area (Å²) in [4.78, 5) is 4.45. The Labute approximate surface area is 93.5 Å². The molecular formula is C11H25N3O. The van der Waals surface area contributed by atoms with Gasteiger partial charge in [-0.15, -0.1) is 0 Å². The Bertz CT molecular complexity index is 171. The molecule has 1 atom stereocenters. The van der Waals surface area contributed by atoms with E-state index in [4.69, 9.17) is 4.74 Å². The van der Waals surface area contributed by atoms with E-state index in [-0.39, 0.29) is 0 Å². The molecule has 2 N–H and O–H groups in total. The van der Waals surface area contributed by atoms with Crippen molar-refractivity contribution in [1.29, 1.82) is 0 Å². The Hall–Kier alpha value is -0.770. The highest BCUT2D eigenvalue weighted by molar-refractivity contribution is 5.79. The van der Waals surface area contributed by atoms with E-state index in [1.54, 1.807) is 7.11 Å². The molecule has 0 amide bonds. The molecule has 0 aromatic heterocycles. The van der Waals surface area contributed by atoms with E-state index in [0.717, 1.165) is 38.5 Å². The van der Waals surface area contributed by atoms with Crippen LogP contribution >= 0.6 is 0 Å². The van der Waals surface area contributed by atoms with Gasteiger partial charge in [0.1, 0.15) is 0 Å². The Morgan fingerprint density at radius 2 is 2.13 bits per heavy atom. The van der Waals surface area contributed by atoms with Crippen LogP contribution in [0.15, 0.2) is 4.99 Å². The first kappa shape index (κ1) is 14.2. The zero-order chi connectivity index (χ0) is 11.5. The molecule has 0 aromatic carbocycles. The molecule has 1 unspecified atom stereocenters. The number of hydrogen-bond donors (Lipinski definition) is 2. The SMILES string of the molecule is CCNC(=NCCCOC)NC(C)CC. The number of aliphatic imine (C=N–C) groups is 1. The van der Waals surface area contributed by atoms with Crippen molar-refractivity contribution in [3.05, 3.63) is 0 Å². The molecule has 0 aliphatic heterocycles. The van der Waals surface area contributed by atoms with Gasteiger partial charge >= 0.3 is 0 Å². The monoisotopic (exact) mass is 215 g/mol. The third kappa shape index (κ3) is 8.24. The number of nitrogens with one attached hydrogen (secondary N) is 2. The molecule has 0 aliphatic rings. The van der Waals surface area contributed by atoms with Gasteiger partial charge in [0, 0.05) is 32.8 Å². The maximum absolute atomic E-state index is 4.98. The third-order valence-electron chi connectivity index (χ3n) is 2.12. The molecule has 0 bridgehead atoms. The Morgan fingerprint density at radius 1 is 1.40 bits per heavy atom. The first-order valence-corrected chi connectivity index (χ1v) is 5.78. The lowest BCUT2D eigenvalue weighted by Gasteiger charge is -2.16. The highest BCUT2D eigenvalue weighted by Crippen LogP contribution is 1.88. The molecule has 15 heavy (non-hydrogen) atoms. The molecule has 0 saturated carbocycles. The van der Waals surface area contributed by atoms with Crippen molar-refractivity contribution in [3.8, 4) is 0 Å². The Morgan fingerprint density at radius 3 is 2.67 bits per heavy atom. The smallest absolute Gasteiger partial charge is 0.191 e. The van der Waals surface area contributed by atoms with Crippen LogP contribution in [0.1, 0.15) is 33.6 Å². The number of methoxy groups -OCH3 is 1. The zero-order valence-electron chi connectivity index (χ0n) is 10.5. The van der Waals surface area contributed by atoms with Gasteiger partial charge in [0.25, 0.3) is 0 Å². The van der Waals surface area contributed by atoms with Gasteiger partial charge in [-0.2, -0.15) is 0 Å². The van der Waals surface area contributed by atoms with Crippen LogP contribution in [0.25, 0.3) is 0 Å². The Kier molecular flexibility index (Phi) is 9.27. The first-order valence-electron chi connectivity index (χ1n) is 5.78. The van der Waals surface area contributed by atoms with E-state index < -0.39 is 0 Å². The molecule has 0 fully saturated rings. The molecule has 0 aromatic rings. The molecular weight excluding hydrogens is 190 g/mol. The standard InChI is InChI=1S/C11H25N3O/c1-5-10(3)14-11(12-6-2)13-8-7-9-15-4/h10H,5-9H2,1-4H3,(H2,12,13,14). The highest BCUT2D eigenvalue weighted by atomic mass is 16.5. The number of hydrogen-bond acceptors (Lipinski definition) is 2. The number of guanidine groups is 1. The Balaban J connectivity index is 3.89. The lowest BCUT2D eigenvalue weighted by molar-refractivity contribution is 0.197. The van der Waals surface area contributed by atoms with E-state index in [2.05, 4.69) is 36.4 Å². The molecule has 0 rings (SSSR count). The summed E-state index contributed by atoms with van der Waals surface area (Å²) >= 11 is 0. The van der Waals surface area contributed by atoms with Crippen LogP contribution in [0, 0.1) is 0 Å². The number of ether oxygens (including phenoxy) is 1. The largest absolute Gasteiger partial charge is 0.385 e. The van der Waals surface area contributed by atoms with Crippen molar-refractivity contribution in [3.63, 3.8) is 0 Å². The van der Waals surface area contributed by atoms with Gasteiger partial charge in [0.05, 0.1) is 0 Å². The lowest BCUT2D eigenvalue weighted by atomic mass is 10.3. The average molecular weight is 215 g/mol. The number of rotatable bonds is 7. The van der Waals surface area contributed by atoms with Crippen LogP contribution in [0.5, 0.6) is 0 Å². The minimum atomic E-state index is 0.463. The predicted octanol–water partition coefficient (Wildman–Crippen LogP) is 1.38. The van der Waals surface area contributed by atoms with Crippen LogP contribution in [-0.4, -0.2) is 38.8 Å². The summed E-state index contributed by atoms with van der Waals surface area (Å²) in [5.74, 6) is 0.906. The van der Waals surface area contributed by atoms with Crippen LogP contribution < -0.4 is 10.6 Å². The fraction of sp³-hybridized carbons (Fsp3) is 0.909. The number of nitrogens with zero attached hydrogens (tertiary/aromatic N) is 1. The van der Waals surface area contributed by atoms with E-state index >= 15 is 0 Å². The predicted molar refractivity (Wildman–Crippen MR) is 65.4 cm³/mol. The summed E-state index contributed by atoms with van der Waals surface area (Å²) in [6.07, 6.45) is 2.07. The van der Waals surface area contributed by atoms with Gasteiger partial charge in [0.15, 0.2) is 5.96 Å². The van der Waals surface area contributed by atoms with Gasteiger partial charge in [-0.25, -0.2) is 0 Å². The van der Waals surface area contributed by atoms with E-state index in [1.165, 1.54) is 0 Å². The molecule has 4 heteroatoms. The quantitative estimate of drug-likeness (QED) is 0.383. The second kappa shape index (κ2) is 9.77. The molecule has 0 saturated heterocycles. The first-order chi connectivity index (χ1) is 7.24. The molecule has 0 radical (unpaired) electrons. The van der Waals surface area contributed by atoms with Gasteiger partial charge in [-0.1, -0.05) is 6.92 Å². The van der Waals surface area contributed by atoms with E-state index in [9.17, 15) is 0 Å². The van der Waals surface area contributed by atoms with Gasteiger partial charge < -0.3 is 15.4 Å².